The van der Waals surface area contributed by atoms with E-state index in [1.807, 2.05) is 6.07 Å². The Hall–Kier alpha value is -2.39. The van der Waals surface area contributed by atoms with Crippen molar-refractivity contribution in [1.29, 1.82) is 5.26 Å². The van der Waals surface area contributed by atoms with Gasteiger partial charge in [0.15, 0.2) is 5.16 Å². The maximum atomic E-state index is 11.1. The van der Waals surface area contributed by atoms with E-state index in [2.05, 4.69) is 9.97 Å². The second-order valence-electron chi connectivity index (χ2n) is 3.69. The average Bonchev–Trinajstić information content (AvgIpc) is 2.38. The van der Waals surface area contributed by atoms with Crippen LogP contribution >= 0.6 is 11.8 Å². The molecule has 0 fully saturated rings. The molecule has 0 radical (unpaired) electrons. The van der Waals surface area contributed by atoms with E-state index in [0.29, 0.717) is 15.7 Å². The largest absolute Gasteiger partial charge is 0.478 e. The number of benzene rings is 1. The number of carboxylic acids is 1. The third-order valence-electron chi connectivity index (χ3n) is 2.27. The number of rotatable bonds is 3. The molecule has 1 heterocycles. The Kier molecular flexibility index (Phi) is 3.78. The van der Waals surface area contributed by atoms with Crippen molar-refractivity contribution < 1.29 is 9.90 Å². The highest BCUT2D eigenvalue weighted by Crippen LogP contribution is 2.28. The molecule has 0 atom stereocenters. The molecule has 1 aromatic carbocycles. The number of aromatic carboxylic acids is 1. The van der Waals surface area contributed by atoms with Gasteiger partial charge >= 0.3 is 5.97 Å². The van der Waals surface area contributed by atoms with Gasteiger partial charge in [0, 0.05) is 10.6 Å². The highest BCUT2D eigenvalue weighted by Gasteiger charge is 2.12. The second-order valence-corrected chi connectivity index (χ2v) is 4.70. The first-order valence-electron chi connectivity index (χ1n) is 5.36. The minimum Gasteiger partial charge on any atom is -0.478 e. The van der Waals surface area contributed by atoms with Gasteiger partial charge in [-0.05, 0) is 36.9 Å². The van der Waals surface area contributed by atoms with Crippen molar-refractivity contribution in [2.75, 3.05) is 0 Å². The second kappa shape index (κ2) is 5.50. The summed E-state index contributed by atoms with van der Waals surface area (Å²) in [5.41, 5.74) is 1.13. The molecule has 0 spiro atoms. The molecule has 5 nitrogen and oxygen atoms in total. The molecule has 0 amide bonds. The lowest BCUT2D eigenvalue weighted by Gasteiger charge is -2.05. The van der Waals surface area contributed by atoms with Crippen LogP contribution in [0.1, 0.15) is 21.7 Å². The third kappa shape index (κ3) is 3.09. The van der Waals surface area contributed by atoms with Gasteiger partial charge in [-0.3, -0.25) is 0 Å². The van der Waals surface area contributed by atoms with E-state index in [1.165, 1.54) is 6.07 Å². The Morgan fingerprint density at radius 2 is 2.11 bits per heavy atom. The molecule has 0 aliphatic rings. The summed E-state index contributed by atoms with van der Waals surface area (Å²) >= 11 is 1.13. The van der Waals surface area contributed by atoms with Crippen LogP contribution < -0.4 is 0 Å². The number of nitrogens with zero attached hydrogens (tertiary/aromatic N) is 3. The molecule has 0 saturated heterocycles. The summed E-state index contributed by atoms with van der Waals surface area (Å²) in [6, 6.07) is 10.1. The molecule has 1 aromatic heterocycles. The molecular formula is C13H9N3O2S. The smallest absolute Gasteiger partial charge is 0.336 e. The van der Waals surface area contributed by atoms with E-state index in [-0.39, 0.29) is 11.3 Å². The number of hydrogen-bond acceptors (Lipinski definition) is 5. The molecule has 0 saturated carbocycles. The Morgan fingerprint density at radius 1 is 1.37 bits per heavy atom. The quantitative estimate of drug-likeness (QED) is 0.863. The van der Waals surface area contributed by atoms with E-state index in [0.717, 1.165) is 11.8 Å². The first-order valence-corrected chi connectivity index (χ1v) is 6.18. The van der Waals surface area contributed by atoms with E-state index in [4.69, 9.17) is 10.4 Å². The Labute approximate surface area is 113 Å². The SMILES string of the molecule is Cc1cc(C#N)nc(Sc2ccccc2C(=O)O)n1. The number of carboxylic acid groups (broad SMARTS) is 1. The zero-order valence-corrected chi connectivity index (χ0v) is 10.8. The van der Waals surface area contributed by atoms with Crippen molar-refractivity contribution >= 4 is 17.7 Å². The van der Waals surface area contributed by atoms with Gasteiger partial charge in [-0.2, -0.15) is 5.26 Å². The number of aromatic nitrogens is 2. The fourth-order valence-corrected chi connectivity index (χ4v) is 2.42. The van der Waals surface area contributed by atoms with Crippen LogP contribution in [-0.2, 0) is 0 Å². The van der Waals surface area contributed by atoms with Crippen LogP contribution in [-0.4, -0.2) is 21.0 Å². The third-order valence-corrected chi connectivity index (χ3v) is 3.21. The predicted octanol–water partition coefficient (Wildman–Crippen LogP) is 2.51. The Balaban J connectivity index is 2.39. The number of carbonyl (C=O) groups is 1. The monoisotopic (exact) mass is 271 g/mol. The van der Waals surface area contributed by atoms with Gasteiger partial charge in [-0.25, -0.2) is 14.8 Å². The van der Waals surface area contributed by atoms with Gasteiger partial charge in [0.1, 0.15) is 11.8 Å². The number of aryl methyl sites for hydroxylation is 1. The van der Waals surface area contributed by atoms with E-state index in [1.54, 1.807) is 31.2 Å². The normalized spacial score (nSPS) is 9.89. The minimum absolute atomic E-state index is 0.191. The van der Waals surface area contributed by atoms with Crippen molar-refractivity contribution in [3.63, 3.8) is 0 Å². The van der Waals surface area contributed by atoms with Crippen molar-refractivity contribution in [2.24, 2.45) is 0 Å². The maximum absolute atomic E-state index is 11.1. The molecule has 2 rings (SSSR count). The number of hydrogen-bond donors (Lipinski definition) is 1. The molecule has 0 aliphatic carbocycles. The molecule has 0 unspecified atom stereocenters. The standard InChI is InChI=1S/C13H9N3O2S/c1-8-6-9(7-14)16-13(15-8)19-11-5-3-2-4-10(11)12(17)18/h2-6H,1H3,(H,17,18). The van der Waals surface area contributed by atoms with Crippen LogP contribution in [0.25, 0.3) is 0 Å². The molecular weight excluding hydrogens is 262 g/mol. The first kappa shape index (κ1) is 13.1. The van der Waals surface area contributed by atoms with Crippen LogP contribution in [0.3, 0.4) is 0 Å². The zero-order chi connectivity index (χ0) is 13.8. The lowest BCUT2D eigenvalue weighted by atomic mass is 10.2. The molecule has 94 valence electrons. The van der Waals surface area contributed by atoms with Crippen LogP contribution in [0.15, 0.2) is 40.4 Å². The Morgan fingerprint density at radius 3 is 2.79 bits per heavy atom. The van der Waals surface area contributed by atoms with Crippen LogP contribution in [0, 0.1) is 18.3 Å². The van der Waals surface area contributed by atoms with Crippen LogP contribution in [0.4, 0.5) is 0 Å². The fourth-order valence-electron chi connectivity index (χ4n) is 1.47. The van der Waals surface area contributed by atoms with Gasteiger partial charge in [0.05, 0.1) is 5.56 Å². The van der Waals surface area contributed by atoms with Crippen molar-refractivity contribution in [2.45, 2.75) is 17.0 Å². The summed E-state index contributed by atoms with van der Waals surface area (Å²) in [4.78, 5) is 19.9. The molecule has 1 N–H and O–H groups in total. The van der Waals surface area contributed by atoms with Crippen LogP contribution in [0.2, 0.25) is 0 Å². The topological polar surface area (TPSA) is 86.9 Å². The predicted molar refractivity (Wildman–Crippen MR) is 69.0 cm³/mol. The summed E-state index contributed by atoms with van der Waals surface area (Å²) < 4.78 is 0. The molecule has 6 heteroatoms. The summed E-state index contributed by atoms with van der Waals surface area (Å²) in [6.45, 7) is 1.76. The number of nitriles is 1. The van der Waals surface area contributed by atoms with Gasteiger partial charge in [0.25, 0.3) is 0 Å². The first-order chi connectivity index (χ1) is 9.10. The summed E-state index contributed by atoms with van der Waals surface area (Å²) in [5, 5.41) is 18.3. The summed E-state index contributed by atoms with van der Waals surface area (Å²) in [7, 11) is 0. The highest BCUT2D eigenvalue weighted by atomic mass is 32.2. The molecule has 2 aromatic rings. The van der Waals surface area contributed by atoms with Gasteiger partial charge in [0.2, 0.25) is 0 Å². The average molecular weight is 271 g/mol. The van der Waals surface area contributed by atoms with Crippen molar-refractivity contribution in [3.05, 3.63) is 47.3 Å². The maximum Gasteiger partial charge on any atom is 0.336 e. The molecule has 0 aliphatic heterocycles. The summed E-state index contributed by atoms with van der Waals surface area (Å²) in [5.74, 6) is -1.00. The summed E-state index contributed by atoms with van der Waals surface area (Å²) in [6.07, 6.45) is 0. The lowest BCUT2D eigenvalue weighted by molar-refractivity contribution is 0.0693. The fraction of sp³-hybridized carbons (Fsp3) is 0.0769. The Bertz CT molecular complexity index is 680. The zero-order valence-electron chi connectivity index (χ0n) is 9.99. The molecule has 19 heavy (non-hydrogen) atoms. The van der Waals surface area contributed by atoms with Crippen molar-refractivity contribution in [3.8, 4) is 6.07 Å². The van der Waals surface area contributed by atoms with E-state index in [9.17, 15) is 4.79 Å². The van der Waals surface area contributed by atoms with Gasteiger partial charge in [-0.1, -0.05) is 12.1 Å². The van der Waals surface area contributed by atoms with Gasteiger partial charge < -0.3 is 5.11 Å². The van der Waals surface area contributed by atoms with E-state index < -0.39 is 5.97 Å². The minimum atomic E-state index is -1.00. The molecule has 0 bridgehead atoms. The van der Waals surface area contributed by atoms with Gasteiger partial charge in [-0.15, -0.1) is 0 Å². The van der Waals surface area contributed by atoms with Crippen LogP contribution in [0.5, 0.6) is 0 Å². The highest BCUT2D eigenvalue weighted by molar-refractivity contribution is 7.99. The van der Waals surface area contributed by atoms with E-state index >= 15 is 0 Å². The van der Waals surface area contributed by atoms with Crippen molar-refractivity contribution in [1.82, 2.24) is 9.97 Å². The lowest BCUT2D eigenvalue weighted by Crippen LogP contribution is -1.99.